The second-order valence-electron chi connectivity index (χ2n) is 4.71. The fourth-order valence-corrected chi connectivity index (χ4v) is 2.00. The van der Waals surface area contributed by atoms with Crippen molar-refractivity contribution in [3.05, 3.63) is 53.6 Å². The summed E-state index contributed by atoms with van der Waals surface area (Å²) in [6, 6.07) is 13.0. The first kappa shape index (κ1) is 15.2. The summed E-state index contributed by atoms with van der Waals surface area (Å²) in [4.78, 5) is 0. The molecule has 0 radical (unpaired) electrons. The Morgan fingerprint density at radius 1 is 0.952 bits per heavy atom. The highest BCUT2D eigenvalue weighted by molar-refractivity contribution is 5.38. The van der Waals surface area contributed by atoms with Crippen LogP contribution in [0.5, 0.6) is 17.2 Å². The zero-order valence-corrected chi connectivity index (χ0v) is 12.5. The van der Waals surface area contributed by atoms with Crippen molar-refractivity contribution in [3.8, 4) is 17.2 Å². The molecular weight excluding hydrogens is 268 g/mol. The van der Waals surface area contributed by atoms with Gasteiger partial charge >= 0.3 is 0 Å². The summed E-state index contributed by atoms with van der Waals surface area (Å²) < 4.78 is 16.2. The third-order valence-electron chi connectivity index (χ3n) is 3.24. The summed E-state index contributed by atoms with van der Waals surface area (Å²) >= 11 is 0. The zero-order chi connectivity index (χ0) is 15.2. The SMILES string of the molecule is COc1ccc(OCc2cc(C(C)O)ccc2OC)cc1. The normalized spacial score (nSPS) is 11.8. The van der Waals surface area contributed by atoms with E-state index in [1.165, 1.54) is 0 Å². The maximum atomic E-state index is 9.66. The number of aliphatic hydroxyl groups is 1. The molecule has 21 heavy (non-hydrogen) atoms. The van der Waals surface area contributed by atoms with Gasteiger partial charge in [0.1, 0.15) is 23.9 Å². The van der Waals surface area contributed by atoms with E-state index in [-0.39, 0.29) is 0 Å². The molecule has 112 valence electrons. The van der Waals surface area contributed by atoms with Crippen LogP contribution in [0.25, 0.3) is 0 Å². The first-order valence-electron chi connectivity index (χ1n) is 6.75. The first-order chi connectivity index (χ1) is 10.1. The lowest BCUT2D eigenvalue weighted by atomic mass is 10.1. The van der Waals surface area contributed by atoms with Gasteiger partial charge in [0.25, 0.3) is 0 Å². The number of benzene rings is 2. The number of ether oxygens (including phenoxy) is 3. The lowest BCUT2D eigenvalue weighted by Crippen LogP contribution is -2.01. The van der Waals surface area contributed by atoms with Crippen molar-refractivity contribution in [2.75, 3.05) is 14.2 Å². The zero-order valence-electron chi connectivity index (χ0n) is 12.5. The molecule has 4 heteroatoms. The number of aliphatic hydroxyl groups excluding tert-OH is 1. The fraction of sp³-hybridized carbons (Fsp3) is 0.294. The van der Waals surface area contributed by atoms with Crippen LogP contribution in [0.15, 0.2) is 42.5 Å². The molecular formula is C17H20O4. The molecule has 1 N–H and O–H groups in total. The van der Waals surface area contributed by atoms with E-state index in [9.17, 15) is 5.11 Å². The van der Waals surface area contributed by atoms with Crippen molar-refractivity contribution in [1.82, 2.24) is 0 Å². The van der Waals surface area contributed by atoms with Crippen LogP contribution in [0.1, 0.15) is 24.2 Å². The van der Waals surface area contributed by atoms with Crippen LogP contribution in [0.4, 0.5) is 0 Å². The Hall–Kier alpha value is -2.20. The van der Waals surface area contributed by atoms with Gasteiger partial charge in [-0.3, -0.25) is 0 Å². The van der Waals surface area contributed by atoms with E-state index in [2.05, 4.69) is 0 Å². The molecule has 2 aromatic carbocycles. The van der Waals surface area contributed by atoms with Gasteiger partial charge in [-0.1, -0.05) is 6.07 Å². The Morgan fingerprint density at radius 2 is 1.62 bits per heavy atom. The van der Waals surface area contributed by atoms with Gasteiger partial charge in [0.2, 0.25) is 0 Å². The summed E-state index contributed by atoms with van der Waals surface area (Å²) in [5.41, 5.74) is 1.73. The average molecular weight is 288 g/mol. The fourth-order valence-electron chi connectivity index (χ4n) is 2.00. The molecule has 1 atom stereocenters. The van der Waals surface area contributed by atoms with Crippen molar-refractivity contribution in [3.63, 3.8) is 0 Å². The molecule has 0 aliphatic carbocycles. The molecule has 0 fully saturated rings. The van der Waals surface area contributed by atoms with Crippen LogP contribution in [-0.4, -0.2) is 19.3 Å². The standard InChI is InChI=1S/C17H20O4/c1-12(18)13-4-9-17(20-3)14(10-13)11-21-16-7-5-15(19-2)6-8-16/h4-10,12,18H,11H2,1-3H3. The molecule has 0 saturated heterocycles. The van der Waals surface area contributed by atoms with Crippen molar-refractivity contribution in [2.45, 2.75) is 19.6 Å². The lowest BCUT2D eigenvalue weighted by Gasteiger charge is -2.13. The van der Waals surface area contributed by atoms with Crippen LogP contribution in [-0.2, 0) is 6.61 Å². The smallest absolute Gasteiger partial charge is 0.125 e. The van der Waals surface area contributed by atoms with Gasteiger partial charge in [0.15, 0.2) is 0 Å². The summed E-state index contributed by atoms with van der Waals surface area (Å²) in [7, 11) is 3.25. The van der Waals surface area contributed by atoms with Crippen LogP contribution in [0, 0.1) is 0 Å². The van der Waals surface area contributed by atoms with E-state index < -0.39 is 6.10 Å². The topological polar surface area (TPSA) is 47.9 Å². The minimum absolute atomic E-state index is 0.371. The number of hydrogen-bond acceptors (Lipinski definition) is 4. The van der Waals surface area contributed by atoms with Crippen molar-refractivity contribution < 1.29 is 19.3 Å². The molecule has 0 heterocycles. The van der Waals surface area contributed by atoms with E-state index in [4.69, 9.17) is 14.2 Å². The van der Waals surface area contributed by atoms with E-state index in [0.29, 0.717) is 6.61 Å². The minimum atomic E-state index is -0.518. The van der Waals surface area contributed by atoms with Gasteiger partial charge in [0, 0.05) is 5.56 Å². The number of methoxy groups -OCH3 is 2. The predicted molar refractivity (Wildman–Crippen MR) is 81.0 cm³/mol. The van der Waals surface area contributed by atoms with Crippen molar-refractivity contribution in [1.29, 1.82) is 0 Å². The summed E-state index contributed by atoms with van der Waals surface area (Å²) in [5, 5.41) is 9.66. The van der Waals surface area contributed by atoms with E-state index in [1.807, 2.05) is 42.5 Å². The molecule has 0 amide bonds. The Morgan fingerprint density at radius 3 is 2.19 bits per heavy atom. The Bertz CT molecular complexity index is 576. The Balaban J connectivity index is 2.12. The molecule has 0 saturated carbocycles. The van der Waals surface area contributed by atoms with Crippen LogP contribution < -0.4 is 14.2 Å². The average Bonchev–Trinajstić information content (AvgIpc) is 2.53. The highest BCUT2D eigenvalue weighted by Crippen LogP contribution is 2.25. The van der Waals surface area contributed by atoms with Crippen molar-refractivity contribution in [2.24, 2.45) is 0 Å². The lowest BCUT2D eigenvalue weighted by molar-refractivity contribution is 0.198. The van der Waals surface area contributed by atoms with Crippen LogP contribution >= 0.6 is 0 Å². The summed E-state index contributed by atoms with van der Waals surface area (Å²) in [5.74, 6) is 2.28. The molecule has 0 aromatic heterocycles. The van der Waals surface area contributed by atoms with Gasteiger partial charge in [0.05, 0.1) is 20.3 Å². The van der Waals surface area contributed by atoms with Crippen LogP contribution in [0.3, 0.4) is 0 Å². The molecule has 2 rings (SSSR count). The number of rotatable bonds is 6. The monoisotopic (exact) mass is 288 g/mol. The molecule has 0 aliphatic rings. The van der Waals surface area contributed by atoms with Gasteiger partial charge in [-0.25, -0.2) is 0 Å². The molecule has 1 unspecified atom stereocenters. The van der Waals surface area contributed by atoms with E-state index in [1.54, 1.807) is 21.1 Å². The van der Waals surface area contributed by atoms with Crippen LogP contribution in [0.2, 0.25) is 0 Å². The summed E-state index contributed by atoms with van der Waals surface area (Å²) in [6.07, 6.45) is -0.518. The Kier molecular flexibility index (Phi) is 5.06. The first-order valence-corrected chi connectivity index (χ1v) is 6.75. The van der Waals surface area contributed by atoms with E-state index in [0.717, 1.165) is 28.4 Å². The summed E-state index contributed by atoms with van der Waals surface area (Å²) in [6.45, 7) is 2.10. The highest BCUT2D eigenvalue weighted by Gasteiger charge is 2.08. The maximum absolute atomic E-state index is 9.66. The third-order valence-corrected chi connectivity index (χ3v) is 3.24. The third kappa shape index (κ3) is 3.89. The largest absolute Gasteiger partial charge is 0.497 e. The number of hydrogen-bond donors (Lipinski definition) is 1. The quantitative estimate of drug-likeness (QED) is 0.885. The molecule has 0 spiro atoms. The molecule has 0 bridgehead atoms. The second kappa shape index (κ2) is 6.99. The minimum Gasteiger partial charge on any atom is -0.497 e. The second-order valence-corrected chi connectivity index (χ2v) is 4.71. The van der Waals surface area contributed by atoms with E-state index >= 15 is 0 Å². The van der Waals surface area contributed by atoms with Gasteiger partial charge in [-0.05, 0) is 48.9 Å². The van der Waals surface area contributed by atoms with Crippen molar-refractivity contribution >= 4 is 0 Å². The molecule has 0 aliphatic heterocycles. The molecule has 4 nitrogen and oxygen atoms in total. The maximum Gasteiger partial charge on any atom is 0.125 e. The highest BCUT2D eigenvalue weighted by atomic mass is 16.5. The molecule has 2 aromatic rings. The predicted octanol–water partition coefficient (Wildman–Crippen LogP) is 3.34. The Labute approximate surface area is 124 Å². The van der Waals surface area contributed by atoms with Gasteiger partial charge in [-0.15, -0.1) is 0 Å². The van der Waals surface area contributed by atoms with Gasteiger partial charge in [-0.2, -0.15) is 0 Å². The van der Waals surface area contributed by atoms with Gasteiger partial charge < -0.3 is 19.3 Å².